The van der Waals surface area contributed by atoms with E-state index in [9.17, 15) is 15.0 Å². The van der Waals surface area contributed by atoms with Gasteiger partial charge in [-0.15, -0.1) is 11.3 Å². The van der Waals surface area contributed by atoms with E-state index in [0.29, 0.717) is 36.4 Å². The van der Waals surface area contributed by atoms with Crippen LogP contribution < -0.4 is 0 Å². The number of rotatable bonds is 1. The molecule has 6 rings (SSSR count). The van der Waals surface area contributed by atoms with Gasteiger partial charge in [0, 0.05) is 22.8 Å². The Morgan fingerprint density at radius 1 is 1.12 bits per heavy atom. The molecule has 0 bridgehead atoms. The van der Waals surface area contributed by atoms with E-state index in [4.69, 9.17) is 4.98 Å². The summed E-state index contributed by atoms with van der Waals surface area (Å²) in [5.74, 6) is 1.40. The molecule has 0 radical (unpaired) electrons. The summed E-state index contributed by atoms with van der Waals surface area (Å²) in [4.78, 5) is 18.5. The van der Waals surface area contributed by atoms with Crippen molar-refractivity contribution < 1.29 is 15.0 Å². The second kappa shape index (κ2) is 6.74. The van der Waals surface area contributed by atoms with E-state index >= 15 is 0 Å². The molecule has 1 aromatic carbocycles. The van der Waals surface area contributed by atoms with Crippen molar-refractivity contribution >= 4 is 17.1 Å². The van der Waals surface area contributed by atoms with Gasteiger partial charge in [-0.1, -0.05) is 37.6 Å². The number of hydrogen-bond donors (Lipinski definition) is 2. The standard InChI is InChI=1S/C27H33NO3S/c1-15-5-4-6-16(13-15)24-28-20-10-12-26(3)19-9-11-25(2)18(7-8-21(25)29)17(19)14-22(30)27(26,31)23(20)32-24/h4-6,13,17-19,22,30-31H,7-12,14H2,1-3H3/t17-,18-,19-,22-,25-,26+,27+/m0/s1. The van der Waals surface area contributed by atoms with Crippen molar-refractivity contribution in [1.29, 1.82) is 0 Å². The van der Waals surface area contributed by atoms with Crippen LogP contribution in [0.1, 0.15) is 68.5 Å². The first-order valence-corrected chi connectivity index (χ1v) is 13.0. The number of aryl methyl sites for hydroxylation is 2. The monoisotopic (exact) mass is 451 g/mol. The molecule has 2 N–H and O–H groups in total. The average molecular weight is 452 g/mol. The third-order valence-electron chi connectivity index (χ3n) is 10.0. The molecule has 2 aromatic rings. The first-order valence-electron chi connectivity index (χ1n) is 12.2. The van der Waals surface area contributed by atoms with E-state index in [0.717, 1.165) is 53.2 Å². The summed E-state index contributed by atoms with van der Waals surface area (Å²) >= 11 is 1.57. The Hall–Kier alpha value is -1.56. The second-order valence-corrected chi connectivity index (χ2v) is 12.4. The fourth-order valence-corrected chi connectivity index (χ4v) is 9.54. The Morgan fingerprint density at radius 3 is 2.72 bits per heavy atom. The lowest BCUT2D eigenvalue weighted by atomic mass is 9.43. The number of aliphatic hydroxyl groups excluding tert-OH is 1. The highest BCUT2D eigenvalue weighted by Crippen LogP contribution is 2.68. The first kappa shape index (κ1) is 21.0. The van der Waals surface area contributed by atoms with Gasteiger partial charge in [0.15, 0.2) is 0 Å². The topological polar surface area (TPSA) is 70.4 Å². The minimum absolute atomic E-state index is 0.227. The number of Topliss-reactive ketones (excluding diaryl/α,β-unsaturated/α-hetero) is 1. The summed E-state index contributed by atoms with van der Waals surface area (Å²) in [6.45, 7) is 6.45. The van der Waals surface area contributed by atoms with Crippen molar-refractivity contribution in [3.8, 4) is 10.6 Å². The lowest BCUT2D eigenvalue weighted by Gasteiger charge is -2.63. The highest BCUT2D eigenvalue weighted by molar-refractivity contribution is 7.15. The zero-order valence-corrected chi connectivity index (χ0v) is 20.0. The van der Waals surface area contributed by atoms with Crippen LogP contribution in [0.5, 0.6) is 0 Å². The summed E-state index contributed by atoms with van der Waals surface area (Å²) < 4.78 is 0. The number of aliphatic hydroxyl groups is 2. The molecule has 0 saturated heterocycles. The molecule has 0 unspecified atom stereocenters. The van der Waals surface area contributed by atoms with Gasteiger partial charge in [-0.3, -0.25) is 4.79 Å². The van der Waals surface area contributed by atoms with Gasteiger partial charge < -0.3 is 10.2 Å². The Labute approximate surface area is 194 Å². The molecule has 4 aliphatic rings. The van der Waals surface area contributed by atoms with E-state index in [-0.39, 0.29) is 5.41 Å². The molecule has 7 atom stereocenters. The Bertz CT molecular complexity index is 1110. The number of carbonyl (C=O) groups is 1. The molecule has 32 heavy (non-hydrogen) atoms. The van der Waals surface area contributed by atoms with Gasteiger partial charge in [-0.05, 0) is 69.3 Å². The molecule has 170 valence electrons. The van der Waals surface area contributed by atoms with Crippen LogP contribution in [0.2, 0.25) is 0 Å². The lowest BCUT2D eigenvalue weighted by Crippen LogP contribution is -2.65. The molecular weight excluding hydrogens is 418 g/mol. The first-order chi connectivity index (χ1) is 15.2. The fourth-order valence-electron chi connectivity index (χ4n) is 8.16. The average Bonchev–Trinajstić information content (AvgIpc) is 3.33. The van der Waals surface area contributed by atoms with Crippen molar-refractivity contribution in [3.05, 3.63) is 40.4 Å². The molecule has 0 aliphatic heterocycles. The molecule has 4 aliphatic carbocycles. The van der Waals surface area contributed by atoms with Gasteiger partial charge >= 0.3 is 0 Å². The maximum atomic E-state index is 12.7. The van der Waals surface area contributed by atoms with Gasteiger partial charge in [0.2, 0.25) is 0 Å². The largest absolute Gasteiger partial charge is 0.390 e. The normalized spacial score (nSPS) is 42.7. The minimum Gasteiger partial charge on any atom is -0.390 e. The third-order valence-corrected chi connectivity index (χ3v) is 11.3. The van der Waals surface area contributed by atoms with Crippen molar-refractivity contribution in [2.75, 3.05) is 0 Å². The van der Waals surface area contributed by atoms with Gasteiger partial charge in [0.25, 0.3) is 0 Å². The number of fused-ring (bicyclic) bond motifs is 7. The Kier molecular flexibility index (Phi) is 4.42. The van der Waals surface area contributed by atoms with Crippen LogP contribution in [0.4, 0.5) is 0 Å². The second-order valence-electron chi connectivity index (χ2n) is 11.4. The van der Waals surface area contributed by atoms with Crippen molar-refractivity contribution in [2.45, 2.75) is 77.4 Å². The minimum atomic E-state index is -1.27. The van der Waals surface area contributed by atoms with Crippen LogP contribution in [0.3, 0.4) is 0 Å². The van der Waals surface area contributed by atoms with Crippen LogP contribution in [0.15, 0.2) is 24.3 Å². The SMILES string of the molecule is Cc1cccc(-c2nc3c(s2)[C@]2(O)[C@@H](O)C[C@H]4[C@@H]5CCC(=O)[C@@]5(C)CC[C@@H]4[C@@]2(C)CC3)c1. The summed E-state index contributed by atoms with van der Waals surface area (Å²) in [5.41, 5.74) is 1.34. The molecule has 3 saturated carbocycles. The maximum absolute atomic E-state index is 12.7. The zero-order valence-electron chi connectivity index (χ0n) is 19.2. The predicted molar refractivity (Wildman–Crippen MR) is 125 cm³/mol. The highest BCUT2D eigenvalue weighted by Gasteiger charge is 2.68. The van der Waals surface area contributed by atoms with Crippen molar-refractivity contribution in [1.82, 2.24) is 4.98 Å². The summed E-state index contributed by atoms with van der Waals surface area (Å²) in [5, 5.41) is 24.8. The number of aromatic nitrogens is 1. The maximum Gasteiger partial charge on any atom is 0.139 e. The molecular formula is C27H33NO3S. The Balaban J connectivity index is 1.43. The number of nitrogens with zero attached hydrogens (tertiary/aromatic N) is 1. The van der Waals surface area contributed by atoms with Crippen LogP contribution in [0.25, 0.3) is 10.6 Å². The van der Waals surface area contributed by atoms with E-state index in [1.165, 1.54) is 5.56 Å². The predicted octanol–water partition coefficient (Wildman–Crippen LogP) is 5.03. The number of benzene rings is 1. The van der Waals surface area contributed by atoms with Gasteiger partial charge in [0.1, 0.15) is 16.4 Å². The summed E-state index contributed by atoms with van der Waals surface area (Å²) in [6.07, 6.45) is 4.95. The van der Waals surface area contributed by atoms with Gasteiger partial charge in [-0.2, -0.15) is 0 Å². The number of carbonyl (C=O) groups excluding carboxylic acids is 1. The van der Waals surface area contributed by atoms with Crippen molar-refractivity contribution in [3.63, 3.8) is 0 Å². The quantitative estimate of drug-likeness (QED) is 0.638. The molecule has 0 spiro atoms. The van der Waals surface area contributed by atoms with E-state index in [1.54, 1.807) is 11.3 Å². The van der Waals surface area contributed by atoms with Crippen molar-refractivity contribution in [2.24, 2.45) is 28.6 Å². The van der Waals surface area contributed by atoms with E-state index in [1.807, 2.05) is 6.07 Å². The Morgan fingerprint density at radius 2 is 1.94 bits per heavy atom. The molecule has 1 aromatic heterocycles. The number of ketones is 1. The van der Waals surface area contributed by atoms with Gasteiger partial charge in [0.05, 0.1) is 16.7 Å². The molecule has 3 fully saturated rings. The van der Waals surface area contributed by atoms with Crippen LogP contribution >= 0.6 is 11.3 Å². The lowest BCUT2D eigenvalue weighted by molar-refractivity contribution is -0.247. The van der Waals surface area contributed by atoms with E-state index in [2.05, 4.69) is 39.0 Å². The summed E-state index contributed by atoms with van der Waals surface area (Å²) in [6, 6.07) is 8.34. The zero-order chi connectivity index (χ0) is 22.5. The van der Waals surface area contributed by atoms with E-state index < -0.39 is 17.1 Å². The molecule has 1 heterocycles. The van der Waals surface area contributed by atoms with Gasteiger partial charge in [-0.25, -0.2) is 4.98 Å². The molecule has 5 heteroatoms. The van der Waals surface area contributed by atoms with Crippen LogP contribution in [-0.2, 0) is 16.8 Å². The van der Waals surface area contributed by atoms with Crippen LogP contribution in [0, 0.1) is 35.5 Å². The molecule has 4 nitrogen and oxygen atoms in total. The van der Waals surface area contributed by atoms with Crippen LogP contribution in [-0.4, -0.2) is 27.1 Å². The number of hydrogen-bond acceptors (Lipinski definition) is 5. The third kappa shape index (κ3) is 2.51. The molecule has 0 amide bonds. The fraction of sp³-hybridized carbons (Fsp3) is 0.630. The summed E-state index contributed by atoms with van der Waals surface area (Å²) in [7, 11) is 0. The number of thiazole rings is 1. The highest BCUT2D eigenvalue weighted by atomic mass is 32.1. The smallest absolute Gasteiger partial charge is 0.139 e.